The molecule has 0 aliphatic heterocycles. The van der Waals surface area contributed by atoms with Gasteiger partial charge in [0.2, 0.25) is 0 Å². The molecule has 0 bridgehead atoms. The largest absolute Gasteiger partial charge is 0.308 e. The molecule has 0 saturated carbocycles. The monoisotopic (exact) mass is 220 g/mol. The standard InChI is InChI=1S/C11H25ClN2/c1-5-14(9-7-6-8-12)11(2)10-13(3)4/h11H,5-10H2,1-4H3. The van der Waals surface area contributed by atoms with E-state index in [1.807, 2.05) is 0 Å². The summed E-state index contributed by atoms with van der Waals surface area (Å²) in [6, 6.07) is 0.644. The number of nitrogens with zero attached hydrogens (tertiary/aromatic N) is 2. The van der Waals surface area contributed by atoms with E-state index in [2.05, 4.69) is 37.7 Å². The molecule has 1 atom stereocenters. The maximum atomic E-state index is 5.67. The second-order valence-corrected chi connectivity index (χ2v) is 4.51. The Hall–Kier alpha value is 0.210. The van der Waals surface area contributed by atoms with Crippen LogP contribution in [0.2, 0.25) is 0 Å². The van der Waals surface area contributed by atoms with Gasteiger partial charge in [0.1, 0.15) is 0 Å². The van der Waals surface area contributed by atoms with Crippen LogP contribution in [-0.2, 0) is 0 Å². The summed E-state index contributed by atoms with van der Waals surface area (Å²) in [6.45, 7) is 7.97. The molecule has 2 nitrogen and oxygen atoms in total. The predicted molar refractivity (Wildman–Crippen MR) is 65.2 cm³/mol. The van der Waals surface area contributed by atoms with Gasteiger partial charge in [0, 0.05) is 18.5 Å². The van der Waals surface area contributed by atoms with Gasteiger partial charge in [-0.3, -0.25) is 4.90 Å². The van der Waals surface area contributed by atoms with Crippen molar-refractivity contribution in [2.75, 3.05) is 39.6 Å². The Morgan fingerprint density at radius 2 is 1.86 bits per heavy atom. The average molecular weight is 221 g/mol. The van der Waals surface area contributed by atoms with Crippen molar-refractivity contribution in [2.45, 2.75) is 32.7 Å². The lowest BCUT2D eigenvalue weighted by atomic mass is 10.2. The van der Waals surface area contributed by atoms with Gasteiger partial charge in [-0.25, -0.2) is 0 Å². The Labute approximate surface area is 94.2 Å². The van der Waals surface area contributed by atoms with Crippen molar-refractivity contribution >= 4 is 11.6 Å². The molecular weight excluding hydrogens is 196 g/mol. The molecule has 0 fully saturated rings. The van der Waals surface area contributed by atoms with Crippen LogP contribution in [0.25, 0.3) is 0 Å². The third-order valence-electron chi connectivity index (χ3n) is 2.49. The van der Waals surface area contributed by atoms with E-state index in [1.54, 1.807) is 0 Å². The van der Waals surface area contributed by atoms with Crippen molar-refractivity contribution in [3.05, 3.63) is 0 Å². The van der Waals surface area contributed by atoms with Crippen molar-refractivity contribution in [1.29, 1.82) is 0 Å². The minimum absolute atomic E-state index is 0.644. The van der Waals surface area contributed by atoms with Crippen molar-refractivity contribution in [2.24, 2.45) is 0 Å². The third-order valence-corrected chi connectivity index (χ3v) is 2.76. The molecular formula is C11H25ClN2. The highest BCUT2D eigenvalue weighted by molar-refractivity contribution is 6.17. The minimum Gasteiger partial charge on any atom is -0.308 e. The Morgan fingerprint density at radius 1 is 1.21 bits per heavy atom. The molecule has 0 aromatic heterocycles. The molecule has 0 radical (unpaired) electrons. The molecule has 0 amide bonds. The normalized spacial score (nSPS) is 13.9. The molecule has 0 aliphatic rings. The minimum atomic E-state index is 0.644. The fraction of sp³-hybridized carbons (Fsp3) is 1.00. The van der Waals surface area contributed by atoms with Crippen LogP contribution in [0.1, 0.15) is 26.7 Å². The number of unbranched alkanes of at least 4 members (excludes halogenated alkanes) is 1. The lowest BCUT2D eigenvalue weighted by molar-refractivity contribution is 0.179. The summed E-state index contributed by atoms with van der Waals surface area (Å²) < 4.78 is 0. The highest BCUT2D eigenvalue weighted by Gasteiger charge is 2.11. The van der Waals surface area contributed by atoms with Gasteiger partial charge >= 0.3 is 0 Å². The maximum Gasteiger partial charge on any atom is 0.0223 e. The fourth-order valence-electron chi connectivity index (χ4n) is 1.74. The van der Waals surface area contributed by atoms with E-state index in [0.29, 0.717) is 6.04 Å². The molecule has 0 rings (SSSR count). The van der Waals surface area contributed by atoms with Gasteiger partial charge in [0.05, 0.1) is 0 Å². The highest BCUT2D eigenvalue weighted by atomic mass is 35.5. The number of alkyl halides is 1. The molecule has 0 spiro atoms. The number of hydrogen-bond donors (Lipinski definition) is 0. The van der Waals surface area contributed by atoms with Crippen LogP contribution in [0, 0.1) is 0 Å². The molecule has 3 heteroatoms. The molecule has 86 valence electrons. The van der Waals surface area contributed by atoms with Gasteiger partial charge in [-0.15, -0.1) is 11.6 Å². The predicted octanol–water partition coefficient (Wildman–Crippen LogP) is 2.28. The second kappa shape index (κ2) is 8.51. The summed E-state index contributed by atoms with van der Waals surface area (Å²) in [5.41, 5.74) is 0. The number of hydrogen-bond acceptors (Lipinski definition) is 2. The fourth-order valence-corrected chi connectivity index (χ4v) is 1.93. The first-order valence-electron chi connectivity index (χ1n) is 5.56. The molecule has 0 aromatic rings. The Morgan fingerprint density at radius 3 is 2.29 bits per heavy atom. The van der Waals surface area contributed by atoms with Crippen molar-refractivity contribution < 1.29 is 0 Å². The van der Waals surface area contributed by atoms with Gasteiger partial charge in [-0.05, 0) is 47.0 Å². The van der Waals surface area contributed by atoms with E-state index in [0.717, 1.165) is 25.4 Å². The van der Waals surface area contributed by atoms with Crippen LogP contribution in [0.15, 0.2) is 0 Å². The first-order valence-corrected chi connectivity index (χ1v) is 6.10. The zero-order chi connectivity index (χ0) is 11.0. The first kappa shape index (κ1) is 14.2. The zero-order valence-corrected chi connectivity index (χ0v) is 10.8. The molecule has 0 heterocycles. The smallest absolute Gasteiger partial charge is 0.0223 e. The van der Waals surface area contributed by atoms with E-state index < -0.39 is 0 Å². The molecule has 14 heavy (non-hydrogen) atoms. The average Bonchev–Trinajstić information content (AvgIpc) is 2.11. The molecule has 0 aromatic carbocycles. The van der Waals surface area contributed by atoms with Gasteiger partial charge in [-0.1, -0.05) is 6.92 Å². The van der Waals surface area contributed by atoms with E-state index in [9.17, 15) is 0 Å². The molecule has 0 aliphatic carbocycles. The lowest BCUT2D eigenvalue weighted by Gasteiger charge is -2.29. The summed E-state index contributed by atoms with van der Waals surface area (Å²) in [6.07, 6.45) is 2.35. The van der Waals surface area contributed by atoms with E-state index in [1.165, 1.54) is 13.0 Å². The Kier molecular flexibility index (Phi) is 8.64. The van der Waals surface area contributed by atoms with Crippen molar-refractivity contribution in [1.82, 2.24) is 9.80 Å². The highest BCUT2D eigenvalue weighted by Crippen LogP contribution is 2.03. The number of halogens is 1. The molecule has 1 unspecified atom stereocenters. The van der Waals surface area contributed by atoms with Crippen LogP contribution >= 0.6 is 11.6 Å². The van der Waals surface area contributed by atoms with Gasteiger partial charge in [-0.2, -0.15) is 0 Å². The van der Waals surface area contributed by atoms with Crippen molar-refractivity contribution in [3.8, 4) is 0 Å². The van der Waals surface area contributed by atoms with Crippen LogP contribution in [0.5, 0.6) is 0 Å². The van der Waals surface area contributed by atoms with Crippen LogP contribution in [-0.4, -0.2) is 55.5 Å². The van der Waals surface area contributed by atoms with Crippen LogP contribution < -0.4 is 0 Å². The third kappa shape index (κ3) is 6.63. The first-order chi connectivity index (χ1) is 6.61. The summed E-state index contributed by atoms with van der Waals surface area (Å²) in [5.74, 6) is 0.791. The van der Waals surface area contributed by atoms with Gasteiger partial charge < -0.3 is 4.90 Å². The second-order valence-electron chi connectivity index (χ2n) is 4.14. The zero-order valence-electron chi connectivity index (χ0n) is 10.1. The SMILES string of the molecule is CCN(CCCCCl)C(C)CN(C)C. The lowest BCUT2D eigenvalue weighted by Crippen LogP contribution is -2.40. The topological polar surface area (TPSA) is 6.48 Å². The summed E-state index contributed by atoms with van der Waals surface area (Å²) in [4.78, 5) is 4.77. The Balaban J connectivity index is 3.74. The van der Waals surface area contributed by atoms with Gasteiger partial charge in [0.25, 0.3) is 0 Å². The maximum absolute atomic E-state index is 5.67. The number of likely N-dealkylation sites (N-methyl/N-ethyl adjacent to an activating group) is 2. The van der Waals surface area contributed by atoms with E-state index >= 15 is 0 Å². The quantitative estimate of drug-likeness (QED) is 0.458. The van der Waals surface area contributed by atoms with Crippen LogP contribution in [0.3, 0.4) is 0 Å². The molecule has 0 saturated heterocycles. The van der Waals surface area contributed by atoms with Gasteiger partial charge in [0.15, 0.2) is 0 Å². The summed E-state index contributed by atoms with van der Waals surface area (Å²) in [7, 11) is 4.26. The Bertz CT molecular complexity index is 128. The van der Waals surface area contributed by atoms with E-state index in [4.69, 9.17) is 11.6 Å². The molecule has 0 N–H and O–H groups in total. The summed E-state index contributed by atoms with van der Waals surface area (Å²) in [5, 5.41) is 0. The van der Waals surface area contributed by atoms with Crippen molar-refractivity contribution in [3.63, 3.8) is 0 Å². The number of rotatable bonds is 8. The van der Waals surface area contributed by atoms with E-state index in [-0.39, 0.29) is 0 Å². The van der Waals surface area contributed by atoms with Crippen LogP contribution in [0.4, 0.5) is 0 Å². The summed E-state index contributed by atoms with van der Waals surface area (Å²) >= 11 is 5.67.